The summed E-state index contributed by atoms with van der Waals surface area (Å²) in [5.74, 6) is -0.963. The number of amides is 1. The molecule has 0 spiro atoms. The minimum absolute atomic E-state index is 0.117. The van der Waals surface area contributed by atoms with Gasteiger partial charge in [0.2, 0.25) is 0 Å². The number of nitrogens with zero attached hydrogens (tertiary/aromatic N) is 1. The predicted molar refractivity (Wildman–Crippen MR) is 92.1 cm³/mol. The molecule has 25 heavy (non-hydrogen) atoms. The molecule has 0 saturated carbocycles. The van der Waals surface area contributed by atoms with E-state index in [1.54, 1.807) is 29.2 Å². The van der Waals surface area contributed by atoms with Gasteiger partial charge in [0.05, 0.1) is 5.56 Å². The van der Waals surface area contributed by atoms with E-state index in [2.05, 4.69) is 0 Å². The minimum atomic E-state index is -1.04. The molecule has 0 aliphatic carbocycles. The summed E-state index contributed by atoms with van der Waals surface area (Å²) in [5, 5.41) is 9.04. The highest BCUT2D eigenvalue weighted by atomic mass is 19.1. The highest BCUT2D eigenvalue weighted by molar-refractivity contribution is 5.97. The summed E-state index contributed by atoms with van der Waals surface area (Å²) in [4.78, 5) is 25.4. The normalized spacial score (nSPS) is 15.2. The number of carbonyl (C=O) groups is 2. The van der Waals surface area contributed by atoms with Crippen LogP contribution in [-0.4, -0.2) is 35.0 Å². The maximum Gasteiger partial charge on any atom is 0.335 e. The molecule has 130 valence electrons. The summed E-state index contributed by atoms with van der Waals surface area (Å²) >= 11 is 0. The van der Waals surface area contributed by atoms with Crippen molar-refractivity contribution >= 4 is 11.9 Å². The van der Waals surface area contributed by atoms with Crippen LogP contribution in [0.5, 0.6) is 0 Å². The maximum atomic E-state index is 13.3. The van der Waals surface area contributed by atoms with Gasteiger partial charge < -0.3 is 10.0 Å². The molecular weight excluding hydrogens is 321 g/mol. The SMILES string of the molecule is O=C(O)c1cccc(C(=O)N2CCC(Cc3cccc(F)c3)CC2)c1. The lowest BCUT2D eigenvalue weighted by atomic mass is 9.90. The van der Waals surface area contributed by atoms with Crippen LogP contribution in [-0.2, 0) is 6.42 Å². The van der Waals surface area contributed by atoms with Crippen molar-refractivity contribution in [2.45, 2.75) is 19.3 Å². The molecule has 1 N–H and O–H groups in total. The number of hydrogen-bond donors (Lipinski definition) is 1. The molecule has 1 amide bonds. The number of benzene rings is 2. The first-order chi connectivity index (χ1) is 12.0. The van der Waals surface area contributed by atoms with Gasteiger partial charge >= 0.3 is 5.97 Å². The molecule has 5 heteroatoms. The Morgan fingerprint density at radius 2 is 1.72 bits per heavy atom. The van der Waals surface area contributed by atoms with Gasteiger partial charge in [-0.25, -0.2) is 9.18 Å². The van der Waals surface area contributed by atoms with Crippen molar-refractivity contribution in [3.05, 3.63) is 71.0 Å². The Balaban J connectivity index is 1.59. The molecule has 0 unspecified atom stereocenters. The van der Waals surface area contributed by atoms with Crippen molar-refractivity contribution in [3.63, 3.8) is 0 Å². The number of rotatable bonds is 4. The molecular formula is C20H20FNO3. The van der Waals surface area contributed by atoms with Crippen molar-refractivity contribution < 1.29 is 19.1 Å². The Labute approximate surface area is 145 Å². The molecule has 1 aliphatic rings. The zero-order valence-corrected chi connectivity index (χ0v) is 13.8. The fourth-order valence-electron chi connectivity index (χ4n) is 3.31. The molecule has 0 bridgehead atoms. The summed E-state index contributed by atoms with van der Waals surface area (Å²) < 4.78 is 13.3. The Bertz CT molecular complexity index is 782. The Kier molecular flexibility index (Phi) is 5.12. The van der Waals surface area contributed by atoms with Crippen molar-refractivity contribution in [3.8, 4) is 0 Å². The molecule has 2 aromatic carbocycles. The van der Waals surface area contributed by atoms with E-state index < -0.39 is 5.97 Å². The quantitative estimate of drug-likeness (QED) is 0.924. The number of piperidine rings is 1. The van der Waals surface area contributed by atoms with Crippen LogP contribution < -0.4 is 0 Å². The molecule has 1 aliphatic heterocycles. The van der Waals surface area contributed by atoms with Crippen molar-refractivity contribution in [2.24, 2.45) is 5.92 Å². The minimum Gasteiger partial charge on any atom is -0.478 e. The molecule has 0 aromatic heterocycles. The first-order valence-corrected chi connectivity index (χ1v) is 8.40. The van der Waals surface area contributed by atoms with Crippen LogP contribution >= 0.6 is 0 Å². The van der Waals surface area contributed by atoms with Crippen molar-refractivity contribution in [1.29, 1.82) is 0 Å². The number of likely N-dealkylation sites (tertiary alicyclic amines) is 1. The number of carboxylic acids is 1. The highest BCUT2D eigenvalue weighted by Gasteiger charge is 2.24. The average Bonchev–Trinajstić information content (AvgIpc) is 2.62. The van der Waals surface area contributed by atoms with Crippen LogP contribution in [0.2, 0.25) is 0 Å². The van der Waals surface area contributed by atoms with E-state index in [0.29, 0.717) is 24.6 Å². The van der Waals surface area contributed by atoms with Gasteiger partial charge in [0.25, 0.3) is 5.91 Å². The molecule has 2 aromatic rings. The zero-order valence-electron chi connectivity index (χ0n) is 13.8. The predicted octanol–water partition coefficient (Wildman–Crippen LogP) is 3.62. The molecule has 1 fully saturated rings. The average molecular weight is 341 g/mol. The van der Waals surface area contributed by atoms with Gasteiger partial charge in [0.1, 0.15) is 5.82 Å². The number of carboxylic acid groups (broad SMARTS) is 1. The monoisotopic (exact) mass is 341 g/mol. The number of carbonyl (C=O) groups excluding carboxylic acids is 1. The van der Waals surface area contributed by atoms with Gasteiger partial charge in [-0.2, -0.15) is 0 Å². The van der Waals surface area contributed by atoms with E-state index in [0.717, 1.165) is 24.8 Å². The Hall–Kier alpha value is -2.69. The lowest BCUT2D eigenvalue weighted by molar-refractivity contribution is 0.0690. The third-order valence-electron chi connectivity index (χ3n) is 4.67. The number of aromatic carboxylic acids is 1. The summed E-state index contributed by atoms with van der Waals surface area (Å²) in [6.45, 7) is 1.27. The summed E-state index contributed by atoms with van der Waals surface area (Å²) in [6, 6.07) is 12.8. The van der Waals surface area contributed by atoms with Crippen LogP contribution in [0.4, 0.5) is 4.39 Å². The molecule has 1 saturated heterocycles. The van der Waals surface area contributed by atoms with Gasteiger partial charge in [0.15, 0.2) is 0 Å². The Morgan fingerprint density at radius 1 is 1.04 bits per heavy atom. The standard InChI is InChI=1S/C20H20FNO3/c21-18-6-1-3-15(12-18)11-14-7-9-22(10-8-14)19(23)16-4-2-5-17(13-16)20(24)25/h1-6,12-14H,7-11H2,(H,24,25). The van der Waals surface area contributed by atoms with Gasteiger partial charge in [-0.15, -0.1) is 0 Å². The smallest absolute Gasteiger partial charge is 0.335 e. The molecule has 4 nitrogen and oxygen atoms in total. The lowest BCUT2D eigenvalue weighted by Gasteiger charge is -2.32. The fraction of sp³-hybridized carbons (Fsp3) is 0.300. The summed E-state index contributed by atoms with van der Waals surface area (Å²) in [6.07, 6.45) is 2.54. The van der Waals surface area contributed by atoms with Crippen LogP contribution in [0.3, 0.4) is 0 Å². The fourth-order valence-corrected chi connectivity index (χ4v) is 3.31. The Morgan fingerprint density at radius 3 is 2.40 bits per heavy atom. The molecule has 0 atom stereocenters. The number of halogens is 1. The second kappa shape index (κ2) is 7.47. The third kappa shape index (κ3) is 4.24. The van der Waals surface area contributed by atoms with E-state index in [1.807, 2.05) is 6.07 Å². The first kappa shape index (κ1) is 17.1. The molecule has 1 heterocycles. The van der Waals surface area contributed by atoms with Crippen molar-refractivity contribution in [1.82, 2.24) is 4.90 Å². The second-order valence-corrected chi connectivity index (χ2v) is 6.46. The van der Waals surface area contributed by atoms with Crippen LogP contribution in [0.1, 0.15) is 39.1 Å². The first-order valence-electron chi connectivity index (χ1n) is 8.40. The lowest BCUT2D eigenvalue weighted by Crippen LogP contribution is -2.39. The van der Waals surface area contributed by atoms with Gasteiger partial charge in [-0.1, -0.05) is 18.2 Å². The van der Waals surface area contributed by atoms with E-state index in [-0.39, 0.29) is 17.3 Å². The van der Waals surface area contributed by atoms with Gasteiger partial charge in [-0.05, 0) is 61.1 Å². The van der Waals surface area contributed by atoms with Crippen LogP contribution in [0.25, 0.3) is 0 Å². The van der Waals surface area contributed by atoms with Crippen LogP contribution in [0.15, 0.2) is 48.5 Å². The van der Waals surface area contributed by atoms with E-state index in [4.69, 9.17) is 5.11 Å². The highest BCUT2D eigenvalue weighted by Crippen LogP contribution is 2.23. The van der Waals surface area contributed by atoms with E-state index in [1.165, 1.54) is 18.2 Å². The topological polar surface area (TPSA) is 57.6 Å². The summed E-state index contributed by atoms with van der Waals surface area (Å²) in [7, 11) is 0. The summed E-state index contributed by atoms with van der Waals surface area (Å²) in [5.41, 5.74) is 1.51. The van der Waals surface area contributed by atoms with Crippen molar-refractivity contribution in [2.75, 3.05) is 13.1 Å². The third-order valence-corrected chi connectivity index (χ3v) is 4.67. The number of hydrogen-bond acceptors (Lipinski definition) is 2. The largest absolute Gasteiger partial charge is 0.478 e. The maximum absolute atomic E-state index is 13.3. The van der Waals surface area contributed by atoms with E-state index >= 15 is 0 Å². The van der Waals surface area contributed by atoms with E-state index in [9.17, 15) is 14.0 Å². The van der Waals surface area contributed by atoms with Gasteiger partial charge in [-0.3, -0.25) is 4.79 Å². The van der Waals surface area contributed by atoms with Gasteiger partial charge in [0, 0.05) is 18.7 Å². The van der Waals surface area contributed by atoms with Crippen LogP contribution in [0, 0.1) is 11.7 Å². The molecule has 0 radical (unpaired) electrons. The second-order valence-electron chi connectivity index (χ2n) is 6.46. The molecule has 3 rings (SSSR count). The zero-order chi connectivity index (χ0) is 17.8.